The fourth-order valence-corrected chi connectivity index (χ4v) is 3.55. The Balaban J connectivity index is 1.58. The second-order valence-electron chi connectivity index (χ2n) is 7.33. The van der Waals surface area contributed by atoms with Gasteiger partial charge in [0.05, 0.1) is 6.61 Å². The Bertz CT molecular complexity index is 829. The number of nitrogens with zero attached hydrogens (tertiary/aromatic N) is 6. The third-order valence-electron chi connectivity index (χ3n) is 5.26. The first-order valence-corrected chi connectivity index (χ1v) is 11.1. The van der Waals surface area contributed by atoms with Crippen molar-refractivity contribution in [1.29, 1.82) is 0 Å². The molecule has 0 saturated carbocycles. The van der Waals surface area contributed by atoms with Crippen molar-refractivity contribution in [2.75, 3.05) is 45.9 Å². The number of aryl methyl sites for hydroxylation is 1. The van der Waals surface area contributed by atoms with E-state index in [1.165, 1.54) is 5.56 Å². The van der Waals surface area contributed by atoms with E-state index in [0.717, 1.165) is 50.8 Å². The molecule has 1 N–H and O–H groups in total. The summed E-state index contributed by atoms with van der Waals surface area (Å²) in [6.45, 7) is 9.22. The minimum Gasteiger partial charge on any atom is -0.450 e. The normalized spacial score (nSPS) is 14.6. The number of rotatable bonds is 8. The summed E-state index contributed by atoms with van der Waals surface area (Å²) in [5, 5.41) is 11.6. The van der Waals surface area contributed by atoms with E-state index in [9.17, 15) is 4.79 Å². The van der Waals surface area contributed by atoms with Crippen LogP contribution in [0.2, 0.25) is 0 Å². The molecule has 2 heterocycles. The molecule has 0 unspecified atom stereocenters. The number of benzene rings is 1. The monoisotopic (exact) mass is 427 g/mol. The van der Waals surface area contributed by atoms with Crippen LogP contribution in [-0.4, -0.2) is 82.5 Å². The molecule has 1 aliphatic heterocycles. The summed E-state index contributed by atoms with van der Waals surface area (Å²) in [6, 6.07) is 10.4. The van der Waals surface area contributed by atoms with Gasteiger partial charge >= 0.3 is 6.09 Å². The zero-order valence-electron chi connectivity index (χ0n) is 18.5. The highest BCUT2D eigenvalue weighted by molar-refractivity contribution is 5.80. The summed E-state index contributed by atoms with van der Waals surface area (Å²) in [5.41, 5.74) is 1.27. The highest BCUT2D eigenvalue weighted by atomic mass is 16.6. The largest absolute Gasteiger partial charge is 0.450 e. The van der Waals surface area contributed by atoms with Crippen LogP contribution in [0.4, 0.5) is 4.79 Å². The number of ether oxygens (including phenoxy) is 1. The van der Waals surface area contributed by atoms with Crippen LogP contribution < -0.4 is 5.32 Å². The first-order valence-electron chi connectivity index (χ1n) is 11.1. The van der Waals surface area contributed by atoms with Crippen LogP contribution in [0, 0.1) is 0 Å². The van der Waals surface area contributed by atoms with Gasteiger partial charge in [0, 0.05) is 52.2 Å². The molecule has 9 nitrogen and oxygen atoms in total. The number of carbonyl (C=O) groups excluding carboxylic acids is 1. The molecule has 0 radical (unpaired) electrons. The van der Waals surface area contributed by atoms with Gasteiger partial charge in [-0.15, -0.1) is 10.2 Å². The summed E-state index contributed by atoms with van der Waals surface area (Å²) in [4.78, 5) is 20.8. The van der Waals surface area contributed by atoms with Gasteiger partial charge in [-0.3, -0.25) is 4.99 Å². The smallest absolute Gasteiger partial charge is 0.409 e. The molecular weight excluding hydrogens is 394 g/mol. The van der Waals surface area contributed by atoms with Gasteiger partial charge in [0.2, 0.25) is 0 Å². The molecule has 1 aromatic carbocycles. The highest BCUT2D eigenvalue weighted by Crippen LogP contribution is 2.06. The fourth-order valence-electron chi connectivity index (χ4n) is 3.55. The molecule has 3 rings (SSSR count). The number of amides is 1. The van der Waals surface area contributed by atoms with Crippen molar-refractivity contribution in [3.63, 3.8) is 0 Å². The quantitative estimate of drug-likeness (QED) is 0.511. The molecule has 31 heavy (non-hydrogen) atoms. The number of guanidine groups is 1. The lowest BCUT2D eigenvalue weighted by atomic mass is 10.2. The topological polar surface area (TPSA) is 87.9 Å². The number of aliphatic imine (C=N–C) groups is 1. The average molecular weight is 428 g/mol. The lowest BCUT2D eigenvalue weighted by Gasteiger charge is -2.36. The van der Waals surface area contributed by atoms with Crippen LogP contribution in [0.25, 0.3) is 0 Å². The summed E-state index contributed by atoms with van der Waals surface area (Å²) in [5.74, 6) is 1.86. The maximum Gasteiger partial charge on any atom is 0.409 e. The van der Waals surface area contributed by atoms with Crippen molar-refractivity contribution in [2.24, 2.45) is 4.99 Å². The van der Waals surface area contributed by atoms with E-state index >= 15 is 0 Å². The van der Waals surface area contributed by atoms with Crippen LogP contribution in [0.5, 0.6) is 0 Å². The Kier molecular flexibility index (Phi) is 8.69. The van der Waals surface area contributed by atoms with Crippen molar-refractivity contribution in [1.82, 2.24) is 29.9 Å². The van der Waals surface area contributed by atoms with Crippen LogP contribution in [-0.2, 0) is 24.1 Å². The first kappa shape index (κ1) is 22.6. The van der Waals surface area contributed by atoms with Gasteiger partial charge in [-0.2, -0.15) is 0 Å². The molecule has 1 amide bonds. The SMILES string of the molecule is CCOC(=O)N1CCN(C(=NCCc2ccccc2)NCCn2cnnc2CC)CC1. The molecular formula is C22H33N7O2. The first-order chi connectivity index (χ1) is 15.2. The number of hydrogen-bond acceptors (Lipinski definition) is 5. The molecule has 1 aromatic heterocycles. The van der Waals surface area contributed by atoms with Crippen molar-refractivity contribution < 1.29 is 9.53 Å². The molecule has 2 aromatic rings. The number of hydrogen-bond donors (Lipinski definition) is 1. The molecule has 0 atom stereocenters. The zero-order chi connectivity index (χ0) is 21.9. The van der Waals surface area contributed by atoms with Gasteiger partial charge in [0.1, 0.15) is 12.2 Å². The fraction of sp³-hybridized carbons (Fsp3) is 0.545. The second kappa shape index (κ2) is 11.9. The Morgan fingerprint density at radius 3 is 2.58 bits per heavy atom. The summed E-state index contributed by atoms with van der Waals surface area (Å²) in [6.07, 6.45) is 3.27. The predicted molar refractivity (Wildman–Crippen MR) is 120 cm³/mol. The van der Waals surface area contributed by atoms with Crippen molar-refractivity contribution >= 4 is 12.1 Å². The maximum atomic E-state index is 12.0. The van der Waals surface area contributed by atoms with Gasteiger partial charge in [0.25, 0.3) is 0 Å². The van der Waals surface area contributed by atoms with Crippen LogP contribution >= 0.6 is 0 Å². The van der Waals surface area contributed by atoms with E-state index in [4.69, 9.17) is 9.73 Å². The van der Waals surface area contributed by atoms with Crippen LogP contribution in [0.15, 0.2) is 41.7 Å². The summed E-state index contributed by atoms with van der Waals surface area (Å²) < 4.78 is 7.19. The van der Waals surface area contributed by atoms with E-state index < -0.39 is 0 Å². The minimum atomic E-state index is -0.239. The van der Waals surface area contributed by atoms with Gasteiger partial charge in [-0.05, 0) is 18.9 Å². The Hall–Kier alpha value is -3.10. The van der Waals surface area contributed by atoms with E-state index in [1.807, 2.05) is 13.0 Å². The van der Waals surface area contributed by atoms with Crippen molar-refractivity contribution in [3.8, 4) is 0 Å². The van der Waals surface area contributed by atoms with E-state index in [0.29, 0.717) is 26.2 Å². The molecule has 1 fully saturated rings. The Morgan fingerprint density at radius 2 is 1.87 bits per heavy atom. The molecule has 9 heteroatoms. The third-order valence-corrected chi connectivity index (χ3v) is 5.26. The molecule has 0 spiro atoms. The molecule has 0 bridgehead atoms. The van der Waals surface area contributed by atoms with Crippen LogP contribution in [0.1, 0.15) is 25.2 Å². The van der Waals surface area contributed by atoms with Crippen molar-refractivity contribution in [2.45, 2.75) is 33.2 Å². The number of aromatic nitrogens is 3. The number of carbonyl (C=O) groups is 1. The van der Waals surface area contributed by atoms with Gasteiger partial charge < -0.3 is 24.4 Å². The standard InChI is InChI=1S/C22H33N7O2/c1-3-20-26-25-18-29(20)13-12-24-21(23-11-10-19-8-6-5-7-9-19)27-14-16-28(17-15-27)22(30)31-4-2/h5-9,18H,3-4,10-17H2,1-2H3,(H,23,24). The van der Waals surface area contributed by atoms with Gasteiger partial charge in [-0.1, -0.05) is 37.3 Å². The van der Waals surface area contributed by atoms with E-state index in [1.54, 1.807) is 11.2 Å². The van der Waals surface area contributed by atoms with E-state index in [-0.39, 0.29) is 6.09 Å². The van der Waals surface area contributed by atoms with Gasteiger partial charge in [0.15, 0.2) is 5.96 Å². The molecule has 0 aliphatic carbocycles. The lowest BCUT2D eigenvalue weighted by Crippen LogP contribution is -2.54. The predicted octanol–water partition coefficient (Wildman–Crippen LogP) is 1.80. The van der Waals surface area contributed by atoms with Crippen LogP contribution in [0.3, 0.4) is 0 Å². The summed E-state index contributed by atoms with van der Waals surface area (Å²) in [7, 11) is 0. The second-order valence-corrected chi connectivity index (χ2v) is 7.33. The van der Waals surface area contributed by atoms with Gasteiger partial charge in [-0.25, -0.2) is 4.79 Å². The number of nitrogens with one attached hydrogen (secondary N) is 1. The lowest BCUT2D eigenvalue weighted by molar-refractivity contribution is 0.0914. The van der Waals surface area contributed by atoms with Crippen molar-refractivity contribution in [3.05, 3.63) is 48.0 Å². The zero-order valence-corrected chi connectivity index (χ0v) is 18.5. The third kappa shape index (κ3) is 6.70. The Morgan fingerprint density at radius 1 is 1.13 bits per heavy atom. The average Bonchev–Trinajstić information content (AvgIpc) is 3.26. The molecule has 168 valence electrons. The minimum absolute atomic E-state index is 0.239. The summed E-state index contributed by atoms with van der Waals surface area (Å²) >= 11 is 0. The van der Waals surface area contributed by atoms with E-state index in [2.05, 4.69) is 56.2 Å². The maximum absolute atomic E-state index is 12.0. The Labute approximate surface area is 184 Å². The molecule has 1 saturated heterocycles. The molecule has 1 aliphatic rings. The number of piperazine rings is 1. The highest BCUT2D eigenvalue weighted by Gasteiger charge is 2.23.